The van der Waals surface area contributed by atoms with E-state index in [4.69, 9.17) is 0 Å². The zero-order chi connectivity index (χ0) is 12.4. The van der Waals surface area contributed by atoms with Crippen LogP contribution in [0.1, 0.15) is 23.7 Å². The minimum absolute atomic E-state index is 0.0393. The van der Waals surface area contributed by atoms with Crippen molar-refractivity contribution in [3.8, 4) is 0 Å². The number of benzene rings is 1. The molecule has 17 heavy (non-hydrogen) atoms. The SMILES string of the molecule is O=C1Cc2cc(C(O)C(O)CCS)ccc2N1. The highest BCUT2D eigenvalue weighted by Gasteiger charge is 2.22. The number of hydrogen-bond acceptors (Lipinski definition) is 4. The van der Waals surface area contributed by atoms with Crippen molar-refractivity contribution >= 4 is 24.2 Å². The van der Waals surface area contributed by atoms with Crippen molar-refractivity contribution in [2.45, 2.75) is 25.0 Å². The average Bonchev–Trinajstić information content (AvgIpc) is 2.67. The first-order chi connectivity index (χ1) is 8.11. The van der Waals surface area contributed by atoms with Gasteiger partial charge in [-0.15, -0.1) is 0 Å². The van der Waals surface area contributed by atoms with Gasteiger partial charge in [-0.05, 0) is 29.4 Å². The van der Waals surface area contributed by atoms with Gasteiger partial charge in [0.05, 0.1) is 12.5 Å². The number of thiol groups is 1. The van der Waals surface area contributed by atoms with E-state index in [0.29, 0.717) is 24.2 Å². The summed E-state index contributed by atoms with van der Waals surface area (Å²) in [6, 6.07) is 5.24. The third-order valence-electron chi connectivity index (χ3n) is 2.89. The Bertz CT molecular complexity index is 436. The summed E-state index contributed by atoms with van der Waals surface area (Å²) in [5.74, 6) is 0.478. The van der Waals surface area contributed by atoms with Crippen molar-refractivity contribution in [2.24, 2.45) is 0 Å². The second-order valence-electron chi connectivity index (χ2n) is 4.17. The molecule has 0 aromatic heterocycles. The molecule has 2 atom stereocenters. The van der Waals surface area contributed by atoms with Gasteiger partial charge in [-0.3, -0.25) is 4.79 Å². The smallest absolute Gasteiger partial charge is 0.228 e. The van der Waals surface area contributed by atoms with Crippen LogP contribution in [0.25, 0.3) is 0 Å². The third kappa shape index (κ3) is 2.62. The van der Waals surface area contributed by atoms with Crippen LogP contribution in [0.2, 0.25) is 0 Å². The lowest BCUT2D eigenvalue weighted by atomic mass is 9.99. The molecule has 1 aliphatic rings. The summed E-state index contributed by atoms with van der Waals surface area (Å²) >= 11 is 4.02. The van der Waals surface area contributed by atoms with Crippen LogP contribution in [0.5, 0.6) is 0 Å². The molecular formula is C12H15NO3S. The lowest BCUT2D eigenvalue weighted by Crippen LogP contribution is -2.18. The fraction of sp³-hybridized carbons (Fsp3) is 0.417. The van der Waals surface area contributed by atoms with Crippen LogP contribution in [0, 0.1) is 0 Å². The van der Waals surface area contributed by atoms with Gasteiger partial charge in [-0.2, -0.15) is 12.6 Å². The van der Waals surface area contributed by atoms with Crippen molar-refractivity contribution in [2.75, 3.05) is 11.1 Å². The van der Waals surface area contributed by atoms with Crippen LogP contribution in [-0.2, 0) is 11.2 Å². The molecule has 2 unspecified atom stereocenters. The van der Waals surface area contributed by atoms with Gasteiger partial charge in [-0.25, -0.2) is 0 Å². The summed E-state index contributed by atoms with van der Waals surface area (Å²) < 4.78 is 0. The van der Waals surface area contributed by atoms with Gasteiger partial charge in [0.2, 0.25) is 5.91 Å². The topological polar surface area (TPSA) is 69.6 Å². The summed E-state index contributed by atoms with van der Waals surface area (Å²) in [5.41, 5.74) is 2.29. The van der Waals surface area contributed by atoms with Gasteiger partial charge in [0.1, 0.15) is 6.10 Å². The summed E-state index contributed by atoms with van der Waals surface area (Å²) in [5, 5.41) is 22.3. The summed E-state index contributed by atoms with van der Waals surface area (Å²) in [6.45, 7) is 0. The first kappa shape index (κ1) is 12.4. The van der Waals surface area contributed by atoms with Gasteiger partial charge < -0.3 is 15.5 Å². The van der Waals surface area contributed by atoms with Crippen LogP contribution in [0.15, 0.2) is 18.2 Å². The van der Waals surface area contributed by atoms with E-state index in [-0.39, 0.29) is 5.91 Å². The Morgan fingerprint density at radius 1 is 1.41 bits per heavy atom. The van der Waals surface area contributed by atoms with Gasteiger partial charge in [0.15, 0.2) is 0 Å². The number of rotatable bonds is 4. The van der Waals surface area contributed by atoms with Crippen molar-refractivity contribution in [1.29, 1.82) is 0 Å². The summed E-state index contributed by atoms with van der Waals surface area (Å²) in [4.78, 5) is 11.2. The Hall–Kier alpha value is -1.04. The zero-order valence-corrected chi connectivity index (χ0v) is 10.2. The van der Waals surface area contributed by atoms with Crippen molar-refractivity contribution in [1.82, 2.24) is 0 Å². The van der Waals surface area contributed by atoms with Crippen molar-refractivity contribution in [3.05, 3.63) is 29.3 Å². The second-order valence-corrected chi connectivity index (χ2v) is 4.61. The lowest BCUT2D eigenvalue weighted by Gasteiger charge is -2.17. The number of carbonyl (C=O) groups is 1. The van der Waals surface area contributed by atoms with Crippen LogP contribution in [0.3, 0.4) is 0 Å². The molecule has 0 saturated heterocycles. The van der Waals surface area contributed by atoms with Crippen LogP contribution in [-0.4, -0.2) is 28.0 Å². The molecule has 0 saturated carbocycles. The zero-order valence-electron chi connectivity index (χ0n) is 9.26. The number of hydrogen-bond donors (Lipinski definition) is 4. The number of amides is 1. The number of aliphatic hydroxyl groups excluding tert-OH is 2. The van der Waals surface area contributed by atoms with Gasteiger partial charge in [-0.1, -0.05) is 12.1 Å². The Morgan fingerprint density at radius 3 is 2.88 bits per heavy atom. The number of aliphatic hydroxyl groups is 2. The Labute approximate surface area is 105 Å². The third-order valence-corrected chi connectivity index (χ3v) is 3.14. The maximum absolute atomic E-state index is 11.2. The minimum atomic E-state index is -0.928. The standard InChI is InChI=1S/C12H15NO3S/c14-10(3-4-17)12(16)7-1-2-9-8(5-7)6-11(15)13-9/h1-2,5,10,12,14,16-17H,3-4,6H2,(H,13,15). The predicted molar refractivity (Wildman–Crippen MR) is 68.2 cm³/mol. The van der Waals surface area contributed by atoms with Gasteiger partial charge in [0.25, 0.3) is 0 Å². The minimum Gasteiger partial charge on any atom is -0.390 e. The fourth-order valence-corrected chi connectivity index (χ4v) is 2.21. The molecule has 1 heterocycles. The molecule has 0 bridgehead atoms. The molecule has 1 aliphatic heterocycles. The number of fused-ring (bicyclic) bond motifs is 1. The Balaban J connectivity index is 2.18. The Kier molecular flexibility index (Phi) is 3.71. The van der Waals surface area contributed by atoms with Crippen LogP contribution in [0.4, 0.5) is 5.69 Å². The molecule has 3 N–H and O–H groups in total. The van der Waals surface area contributed by atoms with Crippen LogP contribution < -0.4 is 5.32 Å². The monoisotopic (exact) mass is 253 g/mol. The first-order valence-corrected chi connectivity index (χ1v) is 6.14. The Morgan fingerprint density at radius 2 is 2.18 bits per heavy atom. The van der Waals surface area contributed by atoms with E-state index in [2.05, 4.69) is 17.9 Å². The number of anilines is 1. The largest absolute Gasteiger partial charge is 0.390 e. The van der Waals surface area contributed by atoms with Crippen LogP contribution >= 0.6 is 12.6 Å². The fourth-order valence-electron chi connectivity index (χ4n) is 1.95. The highest BCUT2D eigenvalue weighted by atomic mass is 32.1. The molecule has 92 valence electrons. The highest BCUT2D eigenvalue weighted by molar-refractivity contribution is 7.80. The molecule has 1 aromatic carbocycles. The maximum Gasteiger partial charge on any atom is 0.228 e. The maximum atomic E-state index is 11.2. The molecule has 0 fully saturated rings. The molecule has 0 spiro atoms. The van der Waals surface area contributed by atoms with E-state index in [9.17, 15) is 15.0 Å². The average molecular weight is 253 g/mol. The second kappa shape index (κ2) is 5.08. The van der Waals surface area contributed by atoms with E-state index < -0.39 is 12.2 Å². The number of carbonyl (C=O) groups excluding carboxylic acids is 1. The molecule has 0 aliphatic carbocycles. The van der Waals surface area contributed by atoms with Crippen molar-refractivity contribution < 1.29 is 15.0 Å². The van der Waals surface area contributed by atoms with Gasteiger partial charge >= 0.3 is 0 Å². The molecule has 0 radical (unpaired) electrons. The normalized spacial score (nSPS) is 17.5. The van der Waals surface area contributed by atoms with E-state index in [1.54, 1.807) is 18.2 Å². The molecule has 2 rings (SSSR count). The molecular weight excluding hydrogens is 238 g/mol. The lowest BCUT2D eigenvalue weighted by molar-refractivity contribution is -0.115. The van der Waals surface area contributed by atoms with E-state index in [1.165, 1.54) is 0 Å². The van der Waals surface area contributed by atoms with Crippen molar-refractivity contribution in [3.63, 3.8) is 0 Å². The predicted octanol–water partition coefficient (Wildman–Crippen LogP) is 0.895. The van der Waals surface area contributed by atoms with E-state index in [0.717, 1.165) is 11.3 Å². The number of nitrogens with one attached hydrogen (secondary N) is 1. The quantitative estimate of drug-likeness (QED) is 0.603. The summed E-state index contributed by atoms with van der Waals surface area (Å²) in [6.07, 6.45) is -0.990. The first-order valence-electron chi connectivity index (χ1n) is 5.51. The van der Waals surface area contributed by atoms with Gasteiger partial charge in [0, 0.05) is 5.69 Å². The highest BCUT2D eigenvalue weighted by Crippen LogP contribution is 2.28. The summed E-state index contributed by atoms with van der Waals surface area (Å²) in [7, 11) is 0. The molecule has 1 amide bonds. The van der Waals surface area contributed by atoms with E-state index >= 15 is 0 Å². The molecule has 4 nitrogen and oxygen atoms in total. The molecule has 5 heteroatoms. The molecule has 1 aromatic rings. The van der Waals surface area contributed by atoms with E-state index in [1.807, 2.05) is 0 Å².